The van der Waals surface area contributed by atoms with Gasteiger partial charge < -0.3 is 19.9 Å². The number of rotatable bonds is 13. The van der Waals surface area contributed by atoms with Crippen LogP contribution in [0.15, 0.2) is 35.3 Å². The summed E-state index contributed by atoms with van der Waals surface area (Å²) in [6, 6.07) is -1.70. The van der Waals surface area contributed by atoms with Crippen LogP contribution in [0.2, 0.25) is 0 Å². The molecular formula is C35H38F9N3O4. The van der Waals surface area contributed by atoms with Gasteiger partial charge in [0, 0.05) is 23.4 Å². The number of alkyl halides is 6. The number of hydrogen-bond acceptors (Lipinski definition) is 4. The maximum atomic E-state index is 16.4. The van der Waals surface area contributed by atoms with E-state index >= 15 is 8.78 Å². The maximum absolute atomic E-state index is 16.4. The van der Waals surface area contributed by atoms with E-state index in [0.29, 0.717) is 17.2 Å². The van der Waals surface area contributed by atoms with Gasteiger partial charge in [0.15, 0.2) is 0 Å². The van der Waals surface area contributed by atoms with Crippen LogP contribution < -0.4 is 10.9 Å². The van der Waals surface area contributed by atoms with Crippen molar-refractivity contribution >= 4 is 11.9 Å². The molecule has 7 nitrogen and oxygen atoms in total. The molecule has 51 heavy (non-hydrogen) atoms. The Kier molecular flexibility index (Phi) is 12.8. The van der Waals surface area contributed by atoms with E-state index in [-0.39, 0.29) is 47.6 Å². The van der Waals surface area contributed by atoms with E-state index in [0.717, 1.165) is 18.3 Å². The third-order valence-corrected chi connectivity index (χ3v) is 8.20. The lowest BCUT2D eigenvalue weighted by Gasteiger charge is -2.27. The Labute approximate surface area is 288 Å². The molecule has 16 heteroatoms. The first-order valence-electron chi connectivity index (χ1n) is 15.8. The van der Waals surface area contributed by atoms with Crippen LogP contribution >= 0.6 is 0 Å². The maximum Gasteiger partial charge on any atom is 0.419 e. The van der Waals surface area contributed by atoms with Gasteiger partial charge in [-0.2, -0.15) is 26.3 Å². The third kappa shape index (κ3) is 9.92. The molecule has 2 N–H and O–H groups in total. The van der Waals surface area contributed by atoms with Crippen LogP contribution in [0.1, 0.15) is 78.6 Å². The normalized spacial score (nSPS) is 13.5. The van der Waals surface area contributed by atoms with E-state index in [1.54, 1.807) is 32.8 Å². The van der Waals surface area contributed by atoms with Gasteiger partial charge >= 0.3 is 18.3 Å². The summed E-state index contributed by atoms with van der Waals surface area (Å²) in [5.41, 5.74) is -7.45. The zero-order valence-corrected chi connectivity index (χ0v) is 28.6. The summed E-state index contributed by atoms with van der Waals surface area (Å²) in [6.07, 6.45) is -11.1. The standard InChI is InChI=1S/C35H38F9N3O4/c1-17(2)10-26(47-16-20(8-7-9-46(5)6)23(14-27(47)48)34(39,40)41)33(51)45-25(15-28(49)50)30-31(37)22(13-24(32(30)38)35(42,43)44)29-18(3)11-21(36)12-19(29)4/h11-14,16-17,25-26H,7-10,15H2,1-6H3,(H,45,51)(H,49,50)/t25-,26-/m0/s1. The van der Waals surface area contributed by atoms with Crippen molar-refractivity contribution in [1.82, 2.24) is 14.8 Å². The summed E-state index contributed by atoms with van der Waals surface area (Å²) in [4.78, 5) is 40.7. The van der Waals surface area contributed by atoms with Crippen molar-refractivity contribution < 1.29 is 54.2 Å². The van der Waals surface area contributed by atoms with E-state index < -0.39 is 93.9 Å². The van der Waals surface area contributed by atoms with Gasteiger partial charge in [-0.25, -0.2) is 13.2 Å². The van der Waals surface area contributed by atoms with Crippen molar-refractivity contribution in [3.05, 3.63) is 91.6 Å². The van der Waals surface area contributed by atoms with Gasteiger partial charge in [0.2, 0.25) is 5.91 Å². The quantitative estimate of drug-likeness (QED) is 0.174. The average molecular weight is 736 g/mol. The number of nitrogens with zero attached hydrogens (tertiary/aromatic N) is 2. The zero-order valence-electron chi connectivity index (χ0n) is 28.6. The van der Waals surface area contributed by atoms with Crippen molar-refractivity contribution in [3.63, 3.8) is 0 Å². The Morgan fingerprint density at radius 1 is 0.902 bits per heavy atom. The minimum atomic E-state index is -5.45. The van der Waals surface area contributed by atoms with Gasteiger partial charge in [-0.05, 0) is 100 Å². The fourth-order valence-corrected chi connectivity index (χ4v) is 6.03. The van der Waals surface area contributed by atoms with Crippen LogP contribution in [0.4, 0.5) is 39.5 Å². The number of carboxylic acids is 1. The van der Waals surface area contributed by atoms with Crippen molar-refractivity contribution in [3.8, 4) is 11.1 Å². The van der Waals surface area contributed by atoms with E-state index in [1.165, 1.54) is 13.8 Å². The van der Waals surface area contributed by atoms with Crippen LogP contribution in [0.25, 0.3) is 11.1 Å². The van der Waals surface area contributed by atoms with E-state index in [9.17, 15) is 50.2 Å². The van der Waals surface area contributed by atoms with E-state index in [1.807, 2.05) is 0 Å². The minimum Gasteiger partial charge on any atom is -0.481 e. The SMILES string of the molecule is Cc1cc(F)cc(C)c1-c1cc(C(F)(F)F)c(F)c([C@H](CC(=O)O)NC(=O)[C@H](CC(C)C)n2cc(CCCN(C)C)c(C(F)(F)F)cc2=O)c1F. The molecule has 3 aromatic rings. The topological polar surface area (TPSA) is 91.6 Å². The highest BCUT2D eigenvalue weighted by Gasteiger charge is 2.41. The first-order valence-corrected chi connectivity index (χ1v) is 15.8. The molecule has 280 valence electrons. The van der Waals surface area contributed by atoms with Gasteiger partial charge in [-0.3, -0.25) is 14.4 Å². The smallest absolute Gasteiger partial charge is 0.419 e. The number of aliphatic carboxylic acids is 1. The van der Waals surface area contributed by atoms with Crippen LogP contribution in [-0.4, -0.2) is 47.1 Å². The third-order valence-electron chi connectivity index (χ3n) is 8.20. The number of halogens is 9. The predicted molar refractivity (Wildman–Crippen MR) is 170 cm³/mol. The molecule has 0 aliphatic rings. The lowest BCUT2D eigenvalue weighted by Crippen LogP contribution is -2.41. The Hall–Kier alpha value is -4.34. The van der Waals surface area contributed by atoms with Crippen molar-refractivity contribution in [1.29, 1.82) is 0 Å². The fraction of sp³-hybridized carbons (Fsp3) is 0.457. The van der Waals surface area contributed by atoms with Gasteiger partial charge in [0.05, 0.1) is 23.6 Å². The number of pyridine rings is 1. The largest absolute Gasteiger partial charge is 0.481 e. The highest BCUT2D eigenvalue weighted by atomic mass is 19.4. The Morgan fingerprint density at radius 2 is 1.47 bits per heavy atom. The van der Waals surface area contributed by atoms with Crippen LogP contribution in [0.5, 0.6) is 0 Å². The fourth-order valence-electron chi connectivity index (χ4n) is 6.03. The van der Waals surface area contributed by atoms with Crippen LogP contribution in [-0.2, 0) is 28.4 Å². The van der Waals surface area contributed by atoms with Gasteiger partial charge in [-0.15, -0.1) is 0 Å². The number of carbonyl (C=O) groups excluding carboxylic acids is 1. The molecule has 1 aromatic heterocycles. The molecule has 0 fully saturated rings. The molecule has 0 spiro atoms. The first kappa shape index (κ1) is 41.1. The number of aromatic nitrogens is 1. The number of benzene rings is 2. The Balaban J connectivity index is 2.27. The molecular weight excluding hydrogens is 697 g/mol. The average Bonchev–Trinajstić information content (AvgIpc) is 2.95. The van der Waals surface area contributed by atoms with Crippen molar-refractivity contribution in [2.75, 3.05) is 20.6 Å². The molecule has 1 amide bonds. The predicted octanol–water partition coefficient (Wildman–Crippen LogP) is 8.00. The molecule has 0 aliphatic carbocycles. The number of carboxylic acid groups (broad SMARTS) is 1. The molecule has 1 heterocycles. The summed E-state index contributed by atoms with van der Waals surface area (Å²) < 4.78 is 131. The van der Waals surface area contributed by atoms with Gasteiger partial charge in [0.25, 0.3) is 5.56 Å². The summed E-state index contributed by atoms with van der Waals surface area (Å²) >= 11 is 0. The minimum absolute atomic E-state index is 0.0315. The molecule has 0 saturated heterocycles. The van der Waals surface area contributed by atoms with Crippen LogP contribution in [0, 0.1) is 37.2 Å². The molecule has 0 aliphatic heterocycles. The number of carbonyl (C=O) groups is 2. The lowest BCUT2D eigenvalue weighted by atomic mass is 9.89. The summed E-state index contributed by atoms with van der Waals surface area (Å²) in [5, 5.41) is 11.7. The Bertz CT molecular complexity index is 1810. The molecule has 2 atom stereocenters. The van der Waals surface area contributed by atoms with E-state index in [2.05, 4.69) is 5.32 Å². The van der Waals surface area contributed by atoms with Crippen molar-refractivity contribution in [2.24, 2.45) is 5.92 Å². The summed E-state index contributed by atoms with van der Waals surface area (Å²) in [5.74, 6) is -8.20. The molecule has 0 radical (unpaired) electrons. The van der Waals surface area contributed by atoms with Gasteiger partial charge in [0.1, 0.15) is 23.5 Å². The second kappa shape index (κ2) is 15.9. The molecule has 0 unspecified atom stereocenters. The second-order valence-corrected chi connectivity index (χ2v) is 13.1. The molecule has 0 bridgehead atoms. The number of amides is 1. The number of nitrogens with one attached hydrogen (secondary N) is 1. The van der Waals surface area contributed by atoms with E-state index in [4.69, 9.17) is 0 Å². The second-order valence-electron chi connectivity index (χ2n) is 13.1. The molecule has 2 aromatic carbocycles. The number of hydrogen-bond donors (Lipinski definition) is 2. The Morgan fingerprint density at radius 3 is 1.96 bits per heavy atom. The summed E-state index contributed by atoms with van der Waals surface area (Å²) in [7, 11) is 3.40. The molecule has 0 saturated carbocycles. The van der Waals surface area contributed by atoms with Crippen LogP contribution in [0.3, 0.4) is 0 Å². The highest BCUT2D eigenvalue weighted by molar-refractivity contribution is 5.82. The van der Waals surface area contributed by atoms with Crippen molar-refractivity contribution in [2.45, 2.75) is 77.8 Å². The zero-order chi connectivity index (χ0) is 38.7. The lowest BCUT2D eigenvalue weighted by molar-refractivity contribution is -0.140. The number of aryl methyl sites for hydroxylation is 3. The van der Waals surface area contributed by atoms with Gasteiger partial charge in [-0.1, -0.05) is 13.8 Å². The highest BCUT2D eigenvalue weighted by Crippen LogP contribution is 2.42. The first-order chi connectivity index (χ1) is 23.4. The molecule has 3 rings (SSSR count). The summed E-state index contributed by atoms with van der Waals surface area (Å²) in [6.45, 7) is 6.09. The monoisotopic (exact) mass is 735 g/mol.